The highest BCUT2D eigenvalue weighted by atomic mass is 32.1. The number of methoxy groups -OCH3 is 1. The molecule has 1 fully saturated rings. The van der Waals surface area contributed by atoms with E-state index >= 15 is 0 Å². The van der Waals surface area contributed by atoms with Gasteiger partial charge in [-0.05, 0) is 51.9 Å². The van der Waals surface area contributed by atoms with Crippen molar-refractivity contribution >= 4 is 22.4 Å². The molecule has 2 rings (SSSR count). The van der Waals surface area contributed by atoms with E-state index in [0.29, 0.717) is 13.2 Å². The molecule has 0 aromatic carbocycles. The number of thiazole rings is 1. The standard InChI is InChI=1S/C17H30N4O2S/c1-14(22)21(10-11-23-3)17-19-16(13-24-17)12-20-8-5-15(6-9-20)4-7-18-2/h13,15,18H,4-12H2,1-3H3. The number of hydrogen-bond acceptors (Lipinski definition) is 6. The van der Waals surface area contributed by atoms with Crippen LogP contribution in [0.15, 0.2) is 5.38 Å². The van der Waals surface area contributed by atoms with Crippen LogP contribution in [0.1, 0.15) is 31.9 Å². The Kier molecular flexibility index (Phi) is 8.11. The highest BCUT2D eigenvalue weighted by Crippen LogP contribution is 2.24. The number of aromatic nitrogens is 1. The SMILES string of the molecule is CNCCC1CCN(Cc2csc(N(CCOC)C(C)=O)n2)CC1. The van der Waals surface area contributed by atoms with E-state index in [2.05, 4.69) is 20.6 Å². The maximum Gasteiger partial charge on any atom is 0.225 e. The van der Waals surface area contributed by atoms with Gasteiger partial charge in [-0.1, -0.05) is 0 Å². The van der Waals surface area contributed by atoms with Crippen LogP contribution < -0.4 is 10.2 Å². The maximum absolute atomic E-state index is 11.8. The fourth-order valence-corrected chi connectivity index (χ4v) is 3.96. The molecule has 1 saturated heterocycles. The molecule has 1 N–H and O–H groups in total. The van der Waals surface area contributed by atoms with Gasteiger partial charge in [0.2, 0.25) is 5.91 Å². The minimum Gasteiger partial charge on any atom is -0.383 e. The van der Waals surface area contributed by atoms with Crippen LogP contribution in [0, 0.1) is 5.92 Å². The van der Waals surface area contributed by atoms with E-state index < -0.39 is 0 Å². The van der Waals surface area contributed by atoms with Crippen molar-refractivity contribution in [2.24, 2.45) is 5.92 Å². The van der Waals surface area contributed by atoms with E-state index in [9.17, 15) is 4.79 Å². The largest absolute Gasteiger partial charge is 0.383 e. The van der Waals surface area contributed by atoms with Crippen LogP contribution >= 0.6 is 11.3 Å². The van der Waals surface area contributed by atoms with Gasteiger partial charge in [-0.3, -0.25) is 14.6 Å². The number of likely N-dealkylation sites (tertiary alicyclic amines) is 1. The first-order valence-corrected chi connectivity index (χ1v) is 9.60. The number of anilines is 1. The summed E-state index contributed by atoms with van der Waals surface area (Å²) in [5.74, 6) is 0.861. The van der Waals surface area contributed by atoms with Gasteiger partial charge in [0, 0.05) is 26.0 Å². The molecule has 0 aliphatic carbocycles. The molecule has 1 aliphatic heterocycles. The first-order chi connectivity index (χ1) is 11.6. The van der Waals surface area contributed by atoms with Gasteiger partial charge < -0.3 is 10.1 Å². The lowest BCUT2D eigenvalue weighted by Crippen LogP contribution is -2.34. The number of hydrogen-bond donors (Lipinski definition) is 1. The molecule has 0 saturated carbocycles. The zero-order valence-corrected chi connectivity index (χ0v) is 15.9. The van der Waals surface area contributed by atoms with Crippen molar-refractivity contribution in [1.29, 1.82) is 0 Å². The van der Waals surface area contributed by atoms with Crippen molar-refractivity contribution in [2.45, 2.75) is 32.7 Å². The van der Waals surface area contributed by atoms with E-state index in [0.717, 1.165) is 42.9 Å². The van der Waals surface area contributed by atoms with E-state index in [1.807, 2.05) is 7.05 Å². The first kappa shape index (κ1) is 19.3. The lowest BCUT2D eigenvalue weighted by molar-refractivity contribution is -0.116. The van der Waals surface area contributed by atoms with Crippen molar-refractivity contribution in [2.75, 3.05) is 51.8 Å². The molecule has 1 aromatic heterocycles. The molecule has 0 unspecified atom stereocenters. The molecular formula is C17H30N4O2S. The molecule has 7 heteroatoms. The molecule has 6 nitrogen and oxygen atoms in total. The lowest BCUT2D eigenvalue weighted by atomic mass is 9.93. The molecule has 24 heavy (non-hydrogen) atoms. The van der Waals surface area contributed by atoms with Crippen molar-refractivity contribution in [3.05, 3.63) is 11.1 Å². The van der Waals surface area contributed by atoms with Crippen molar-refractivity contribution in [1.82, 2.24) is 15.2 Å². The number of ether oxygens (including phenoxy) is 1. The maximum atomic E-state index is 11.8. The van der Waals surface area contributed by atoms with Crippen LogP contribution in [-0.4, -0.2) is 62.7 Å². The number of nitrogens with zero attached hydrogens (tertiary/aromatic N) is 3. The second kappa shape index (κ2) is 10.1. The van der Waals surface area contributed by atoms with E-state index in [1.54, 1.807) is 30.3 Å². The average Bonchev–Trinajstić information content (AvgIpc) is 3.02. The van der Waals surface area contributed by atoms with E-state index in [-0.39, 0.29) is 5.91 Å². The number of nitrogens with one attached hydrogen (secondary N) is 1. The van der Waals surface area contributed by atoms with Gasteiger partial charge in [-0.2, -0.15) is 0 Å². The Hall–Kier alpha value is -1.02. The summed E-state index contributed by atoms with van der Waals surface area (Å²) >= 11 is 1.54. The van der Waals surface area contributed by atoms with Gasteiger partial charge in [0.05, 0.1) is 18.8 Å². The van der Waals surface area contributed by atoms with Crippen LogP contribution in [-0.2, 0) is 16.1 Å². The minimum absolute atomic E-state index is 0.0123. The third-order valence-electron chi connectivity index (χ3n) is 4.56. The Bertz CT molecular complexity index is 501. The zero-order chi connectivity index (χ0) is 17.4. The number of rotatable bonds is 9. The summed E-state index contributed by atoms with van der Waals surface area (Å²) in [7, 11) is 3.66. The molecule has 1 aliphatic rings. The zero-order valence-electron chi connectivity index (χ0n) is 15.1. The second-order valence-electron chi connectivity index (χ2n) is 6.40. The Morgan fingerprint density at radius 3 is 2.88 bits per heavy atom. The van der Waals surface area contributed by atoms with Crippen LogP contribution in [0.25, 0.3) is 0 Å². The predicted octanol–water partition coefficient (Wildman–Crippen LogP) is 1.96. The quantitative estimate of drug-likeness (QED) is 0.735. The fourth-order valence-electron chi connectivity index (χ4n) is 3.07. The van der Waals surface area contributed by atoms with Crippen molar-refractivity contribution < 1.29 is 9.53 Å². The van der Waals surface area contributed by atoms with Crippen LogP contribution in [0.4, 0.5) is 5.13 Å². The van der Waals surface area contributed by atoms with Gasteiger partial charge >= 0.3 is 0 Å². The van der Waals surface area contributed by atoms with Crippen LogP contribution in [0.3, 0.4) is 0 Å². The molecule has 0 atom stereocenters. The number of carbonyl (C=O) groups excluding carboxylic acids is 1. The molecule has 2 heterocycles. The minimum atomic E-state index is 0.0123. The first-order valence-electron chi connectivity index (χ1n) is 8.72. The third kappa shape index (κ3) is 5.81. The monoisotopic (exact) mass is 354 g/mol. The number of amides is 1. The smallest absolute Gasteiger partial charge is 0.225 e. The topological polar surface area (TPSA) is 57.7 Å². The molecule has 1 amide bonds. The van der Waals surface area contributed by atoms with E-state index in [4.69, 9.17) is 4.74 Å². The van der Waals surface area contributed by atoms with Gasteiger partial charge in [0.15, 0.2) is 5.13 Å². The summed E-state index contributed by atoms with van der Waals surface area (Å²) in [6, 6.07) is 0. The fraction of sp³-hybridized carbons (Fsp3) is 0.765. The average molecular weight is 355 g/mol. The Labute approximate surface area is 149 Å². The number of piperidine rings is 1. The molecule has 0 radical (unpaired) electrons. The van der Waals surface area contributed by atoms with E-state index in [1.165, 1.54) is 19.3 Å². The molecular weight excluding hydrogens is 324 g/mol. The highest BCUT2D eigenvalue weighted by molar-refractivity contribution is 7.14. The molecule has 0 spiro atoms. The van der Waals surface area contributed by atoms with Gasteiger partial charge in [-0.25, -0.2) is 4.98 Å². The van der Waals surface area contributed by atoms with Crippen molar-refractivity contribution in [3.63, 3.8) is 0 Å². The van der Waals surface area contributed by atoms with Crippen LogP contribution in [0.5, 0.6) is 0 Å². The molecule has 1 aromatic rings. The summed E-state index contributed by atoms with van der Waals surface area (Å²) in [6.07, 6.45) is 3.82. The number of carbonyl (C=O) groups is 1. The van der Waals surface area contributed by atoms with Gasteiger partial charge in [-0.15, -0.1) is 11.3 Å². The Morgan fingerprint density at radius 1 is 1.50 bits per heavy atom. The summed E-state index contributed by atoms with van der Waals surface area (Å²) in [5, 5.41) is 6.09. The lowest BCUT2D eigenvalue weighted by Gasteiger charge is -2.31. The normalized spacial score (nSPS) is 16.5. The molecule has 136 valence electrons. The summed E-state index contributed by atoms with van der Waals surface area (Å²) in [6.45, 7) is 6.92. The summed E-state index contributed by atoms with van der Waals surface area (Å²) in [5.41, 5.74) is 1.06. The summed E-state index contributed by atoms with van der Waals surface area (Å²) in [4.78, 5) is 20.6. The van der Waals surface area contributed by atoms with Crippen molar-refractivity contribution in [3.8, 4) is 0 Å². The second-order valence-corrected chi connectivity index (χ2v) is 7.23. The third-order valence-corrected chi connectivity index (χ3v) is 5.48. The molecule has 0 bridgehead atoms. The van der Waals surface area contributed by atoms with Crippen LogP contribution in [0.2, 0.25) is 0 Å². The van der Waals surface area contributed by atoms with Gasteiger partial charge in [0.1, 0.15) is 0 Å². The highest BCUT2D eigenvalue weighted by Gasteiger charge is 2.20. The summed E-state index contributed by atoms with van der Waals surface area (Å²) < 4.78 is 5.08. The Balaban J connectivity index is 1.84. The predicted molar refractivity (Wildman–Crippen MR) is 98.6 cm³/mol. The Morgan fingerprint density at radius 2 is 2.25 bits per heavy atom. The van der Waals surface area contributed by atoms with Gasteiger partial charge in [0.25, 0.3) is 0 Å².